The normalized spacial score (nSPS) is 26.3. The van der Waals surface area contributed by atoms with Gasteiger partial charge in [0.05, 0.1) is 11.9 Å². The predicted molar refractivity (Wildman–Crippen MR) is 46.4 cm³/mol. The molecule has 5 heteroatoms. The predicted octanol–water partition coefficient (Wildman–Crippen LogP) is 0.0568. The van der Waals surface area contributed by atoms with Crippen LogP contribution in [0.3, 0.4) is 0 Å². The summed E-state index contributed by atoms with van der Waals surface area (Å²) in [6.07, 6.45) is 0.690. The maximum Gasteiger partial charge on any atom is 0.267 e. The molecule has 1 rings (SSSR count). The molecule has 1 unspecified atom stereocenters. The lowest BCUT2D eigenvalue weighted by Crippen LogP contribution is -2.23. The van der Waals surface area contributed by atoms with E-state index in [1.165, 1.54) is 0 Å². The number of hydrogen-bond acceptors (Lipinski definition) is 4. The molecule has 0 N–H and O–H groups in total. The molecule has 1 aliphatic heterocycles. The standard InChI is InChI=1S/C7H15NO3S/c1-3-12(9,10)11-7-4-5-8(2)6-7/h7H,3-6H2,1-2H3. The monoisotopic (exact) mass is 193 g/mol. The fraction of sp³-hybridized carbons (Fsp3) is 1.00. The molecule has 0 spiro atoms. The fourth-order valence-corrected chi connectivity index (χ4v) is 1.96. The van der Waals surface area contributed by atoms with E-state index in [-0.39, 0.29) is 11.9 Å². The second kappa shape index (κ2) is 3.72. The summed E-state index contributed by atoms with van der Waals surface area (Å²) in [5, 5.41) is 0. The van der Waals surface area contributed by atoms with Crippen molar-refractivity contribution in [2.24, 2.45) is 0 Å². The molecule has 1 heterocycles. The second-order valence-corrected chi connectivity index (χ2v) is 5.00. The van der Waals surface area contributed by atoms with Crippen LogP contribution in [0, 0.1) is 0 Å². The Hall–Kier alpha value is -0.130. The molecule has 4 nitrogen and oxygen atoms in total. The molecule has 0 aromatic heterocycles. The van der Waals surface area contributed by atoms with E-state index in [0.717, 1.165) is 19.5 Å². The molecule has 0 bridgehead atoms. The number of rotatable bonds is 3. The third kappa shape index (κ3) is 2.73. The molecular weight excluding hydrogens is 178 g/mol. The van der Waals surface area contributed by atoms with Crippen molar-refractivity contribution in [2.45, 2.75) is 19.4 Å². The first-order valence-electron chi connectivity index (χ1n) is 4.13. The molecule has 0 amide bonds. The van der Waals surface area contributed by atoms with Gasteiger partial charge in [-0.05, 0) is 20.4 Å². The minimum absolute atomic E-state index is 0.0627. The van der Waals surface area contributed by atoms with Gasteiger partial charge in [0.2, 0.25) is 0 Å². The SMILES string of the molecule is CCS(=O)(=O)OC1CCN(C)C1. The summed E-state index contributed by atoms with van der Waals surface area (Å²) in [4.78, 5) is 2.07. The Morgan fingerprint density at radius 1 is 1.58 bits per heavy atom. The topological polar surface area (TPSA) is 46.6 Å². The summed E-state index contributed by atoms with van der Waals surface area (Å²) in [7, 11) is -1.29. The van der Waals surface area contributed by atoms with E-state index in [2.05, 4.69) is 4.90 Å². The fourth-order valence-electron chi connectivity index (χ4n) is 1.25. The highest BCUT2D eigenvalue weighted by atomic mass is 32.2. The molecular formula is C7H15NO3S. The quantitative estimate of drug-likeness (QED) is 0.594. The van der Waals surface area contributed by atoms with Crippen molar-refractivity contribution in [2.75, 3.05) is 25.9 Å². The van der Waals surface area contributed by atoms with Crippen molar-refractivity contribution in [1.82, 2.24) is 4.90 Å². The maximum atomic E-state index is 11.0. The average molecular weight is 193 g/mol. The Labute approximate surface area is 73.6 Å². The molecule has 1 saturated heterocycles. The van der Waals surface area contributed by atoms with Crippen LogP contribution in [0.25, 0.3) is 0 Å². The molecule has 1 fully saturated rings. The van der Waals surface area contributed by atoms with Gasteiger partial charge in [0.1, 0.15) is 0 Å². The number of hydrogen-bond donors (Lipinski definition) is 0. The first-order valence-corrected chi connectivity index (χ1v) is 5.71. The van der Waals surface area contributed by atoms with Crippen LogP contribution in [0.1, 0.15) is 13.3 Å². The molecule has 0 aromatic carbocycles. The number of likely N-dealkylation sites (N-methyl/N-ethyl adjacent to an activating group) is 1. The summed E-state index contributed by atoms with van der Waals surface area (Å²) in [6, 6.07) is 0. The van der Waals surface area contributed by atoms with Crippen molar-refractivity contribution in [3.8, 4) is 0 Å². The zero-order chi connectivity index (χ0) is 9.19. The summed E-state index contributed by atoms with van der Waals surface area (Å²) in [6.45, 7) is 3.23. The van der Waals surface area contributed by atoms with Gasteiger partial charge in [-0.15, -0.1) is 0 Å². The van der Waals surface area contributed by atoms with Crippen LogP contribution < -0.4 is 0 Å². The van der Waals surface area contributed by atoms with Crippen molar-refractivity contribution in [1.29, 1.82) is 0 Å². The molecule has 0 saturated carbocycles. The van der Waals surface area contributed by atoms with Gasteiger partial charge < -0.3 is 4.90 Å². The summed E-state index contributed by atoms with van der Waals surface area (Å²) < 4.78 is 27.0. The van der Waals surface area contributed by atoms with Crippen molar-refractivity contribution in [3.63, 3.8) is 0 Å². The first-order chi connectivity index (χ1) is 5.53. The zero-order valence-electron chi connectivity index (χ0n) is 7.49. The van der Waals surface area contributed by atoms with Gasteiger partial charge in [0.15, 0.2) is 0 Å². The van der Waals surface area contributed by atoms with E-state index in [4.69, 9.17) is 4.18 Å². The Bertz CT molecular complexity index is 237. The Kier molecular flexibility index (Phi) is 3.09. The van der Waals surface area contributed by atoms with Crippen molar-refractivity contribution >= 4 is 10.1 Å². The van der Waals surface area contributed by atoms with Gasteiger partial charge in [-0.2, -0.15) is 8.42 Å². The summed E-state index contributed by atoms with van der Waals surface area (Å²) >= 11 is 0. The highest BCUT2D eigenvalue weighted by Crippen LogP contribution is 2.12. The van der Waals surface area contributed by atoms with Gasteiger partial charge in [-0.1, -0.05) is 0 Å². The van der Waals surface area contributed by atoms with Gasteiger partial charge in [-0.3, -0.25) is 4.18 Å². The highest BCUT2D eigenvalue weighted by molar-refractivity contribution is 7.86. The molecule has 1 aliphatic rings. The van der Waals surface area contributed by atoms with Crippen LogP contribution >= 0.6 is 0 Å². The highest BCUT2D eigenvalue weighted by Gasteiger charge is 2.24. The van der Waals surface area contributed by atoms with Gasteiger partial charge in [0.25, 0.3) is 10.1 Å². The lowest BCUT2D eigenvalue weighted by molar-refractivity contribution is 0.215. The third-order valence-electron chi connectivity index (χ3n) is 1.98. The second-order valence-electron chi connectivity index (χ2n) is 3.12. The largest absolute Gasteiger partial charge is 0.304 e. The number of nitrogens with zero attached hydrogens (tertiary/aromatic N) is 1. The molecule has 0 aromatic rings. The van der Waals surface area contributed by atoms with Gasteiger partial charge in [-0.25, -0.2) is 0 Å². The first kappa shape index (κ1) is 9.95. The van der Waals surface area contributed by atoms with E-state index in [0.29, 0.717) is 0 Å². The zero-order valence-corrected chi connectivity index (χ0v) is 8.30. The minimum Gasteiger partial charge on any atom is -0.304 e. The van der Waals surface area contributed by atoms with Gasteiger partial charge >= 0.3 is 0 Å². The molecule has 12 heavy (non-hydrogen) atoms. The Balaban J connectivity index is 2.43. The maximum absolute atomic E-state index is 11.0. The lowest BCUT2D eigenvalue weighted by atomic mass is 10.3. The van der Waals surface area contributed by atoms with E-state index in [1.54, 1.807) is 6.92 Å². The number of likely N-dealkylation sites (tertiary alicyclic amines) is 1. The minimum atomic E-state index is -3.25. The van der Waals surface area contributed by atoms with Crippen LogP contribution in [-0.4, -0.2) is 45.3 Å². The molecule has 72 valence electrons. The summed E-state index contributed by atoms with van der Waals surface area (Å²) in [5.74, 6) is 0.0627. The third-order valence-corrected chi connectivity index (χ3v) is 3.26. The van der Waals surface area contributed by atoms with E-state index in [9.17, 15) is 8.42 Å². The van der Waals surface area contributed by atoms with Crippen molar-refractivity contribution in [3.05, 3.63) is 0 Å². The average Bonchev–Trinajstić information content (AvgIpc) is 2.35. The van der Waals surface area contributed by atoms with E-state index < -0.39 is 10.1 Å². The lowest BCUT2D eigenvalue weighted by Gasteiger charge is -2.10. The van der Waals surface area contributed by atoms with Gasteiger partial charge in [0, 0.05) is 13.1 Å². The van der Waals surface area contributed by atoms with E-state index >= 15 is 0 Å². The smallest absolute Gasteiger partial charge is 0.267 e. The summed E-state index contributed by atoms with van der Waals surface area (Å²) in [5.41, 5.74) is 0. The van der Waals surface area contributed by atoms with Crippen LogP contribution in [0.2, 0.25) is 0 Å². The van der Waals surface area contributed by atoms with Crippen LogP contribution in [-0.2, 0) is 14.3 Å². The van der Waals surface area contributed by atoms with Crippen LogP contribution in [0.15, 0.2) is 0 Å². The van der Waals surface area contributed by atoms with Crippen molar-refractivity contribution < 1.29 is 12.6 Å². The Morgan fingerprint density at radius 2 is 2.25 bits per heavy atom. The Morgan fingerprint density at radius 3 is 2.67 bits per heavy atom. The van der Waals surface area contributed by atoms with E-state index in [1.807, 2.05) is 7.05 Å². The molecule has 0 radical (unpaired) electrons. The van der Waals surface area contributed by atoms with Crippen LogP contribution in [0.4, 0.5) is 0 Å². The van der Waals surface area contributed by atoms with Crippen LogP contribution in [0.5, 0.6) is 0 Å². The molecule has 0 aliphatic carbocycles. The molecule has 1 atom stereocenters.